The molecule has 3 aliphatic rings. The zero-order valence-electron chi connectivity index (χ0n) is 22.5. The van der Waals surface area contributed by atoms with Gasteiger partial charge in [0.2, 0.25) is 5.91 Å². The Morgan fingerprint density at radius 2 is 1.92 bits per heavy atom. The number of piperazine rings is 1. The van der Waals surface area contributed by atoms with Gasteiger partial charge in [-0.2, -0.15) is 10.4 Å². The molecule has 1 saturated carbocycles. The molecule has 198 valence electrons. The molecule has 0 aromatic carbocycles. The van der Waals surface area contributed by atoms with Crippen LogP contribution in [0.1, 0.15) is 51.0 Å². The fourth-order valence-electron chi connectivity index (χ4n) is 6.32. The van der Waals surface area contributed by atoms with Gasteiger partial charge >= 0.3 is 0 Å². The van der Waals surface area contributed by atoms with E-state index in [2.05, 4.69) is 71.5 Å². The summed E-state index contributed by atoms with van der Waals surface area (Å²) in [6.07, 6.45) is 9.89. The first-order chi connectivity index (χ1) is 18.5. The smallest absolute Gasteiger partial charge is 0.225 e. The number of likely N-dealkylation sites (tertiary alicyclic amines) is 1. The third-order valence-corrected chi connectivity index (χ3v) is 8.82. The van der Waals surface area contributed by atoms with Gasteiger partial charge in [0.05, 0.1) is 23.0 Å². The van der Waals surface area contributed by atoms with E-state index in [0.29, 0.717) is 25.0 Å². The molecule has 3 aromatic rings. The summed E-state index contributed by atoms with van der Waals surface area (Å²) in [5, 5.41) is 13.6. The van der Waals surface area contributed by atoms with Crippen LogP contribution in [0.3, 0.4) is 0 Å². The van der Waals surface area contributed by atoms with Crippen molar-refractivity contribution in [2.75, 3.05) is 44.2 Å². The predicted molar refractivity (Wildman–Crippen MR) is 148 cm³/mol. The highest BCUT2D eigenvalue weighted by Gasteiger charge is 2.37. The summed E-state index contributed by atoms with van der Waals surface area (Å²) >= 11 is 0. The highest BCUT2D eigenvalue weighted by Crippen LogP contribution is 2.35. The molecule has 0 spiro atoms. The van der Waals surface area contributed by atoms with Gasteiger partial charge in [-0.05, 0) is 75.8 Å². The second kappa shape index (κ2) is 10.4. The molecule has 6 rings (SSSR count). The van der Waals surface area contributed by atoms with Crippen LogP contribution in [-0.2, 0) is 4.79 Å². The lowest BCUT2D eigenvalue weighted by Gasteiger charge is -2.40. The van der Waals surface area contributed by atoms with Crippen LogP contribution in [0.2, 0.25) is 0 Å². The maximum absolute atomic E-state index is 12.8. The second-order valence-electron chi connectivity index (χ2n) is 11.5. The average molecular weight is 512 g/mol. The van der Waals surface area contributed by atoms with Crippen molar-refractivity contribution in [3.63, 3.8) is 0 Å². The topological polar surface area (TPSA) is 80.8 Å². The van der Waals surface area contributed by atoms with Crippen LogP contribution >= 0.6 is 0 Å². The molecular formula is C30H37N7O. The molecule has 8 nitrogen and oxygen atoms in total. The van der Waals surface area contributed by atoms with E-state index in [1.165, 1.54) is 24.9 Å². The Morgan fingerprint density at radius 3 is 2.63 bits per heavy atom. The van der Waals surface area contributed by atoms with E-state index in [1.807, 2.05) is 15.6 Å². The molecule has 3 aromatic heterocycles. The molecule has 1 amide bonds. The first kappa shape index (κ1) is 24.9. The summed E-state index contributed by atoms with van der Waals surface area (Å²) in [5.41, 5.74) is 5.56. The molecule has 0 radical (unpaired) electrons. The van der Waals surface area contributed by atoms with Crippen molar-refractivity contribution < 1.29 is 4.79 Å². The fraction of sp³-hybridized carbons (Fsp3) is 0.533. The molecule has 0 unspecified atom stereocenters. The molecule has 0 N–H and O–H groups in total. The number of rotatable bonds is 5. The minimum Gasteiger partial charge on any atom is -0.366 e. The summed E-state index contributed by atoms with van der Waals surface area (Å²) < 4.78 is 1.94. The van der Waals surface area contributed by atoms with Crippen LogP contribution in [0.15, 0.2) is 42.9 Å². The van der Waals surface area contributed by atoms with E-state index >= 15 is 0 Å². The maximum Gasteiger partial charge on any atom is 0.225 e. The van der Waals surface area contributed by atoms with Crippen molar-refractivity contribution in [1.82, 2.24) is 24.4 Å². The highest BCUT2D eigenvalue weighted by molar-refractivity contribution is 5.81. The van der Waals surface area contributed by atoms with Crippen molar-refractivity contribution in [3.8, 4) is 17.3 Å². The monoisotopic (exact) mass is 511 g/mol. The lowest BCUT2D eigenvalue weighted by atomic mass is 9.75. The molecule has 2 aliphatic heterocycles. The second-order valence-corrected chi connectivity index (χ2v) is 11.5. The summed E-state index contributed by atoms with van der Waals surface area (Å²) in [7, 11) is 0. The van der Waals surface area contributed by atoms with Crippen molar-refractivity contribution in [2.45, 2.75) is 51.5 Å². The molecule has 1 atom stereocenters. The van der Waals surface area contributed by atoms with Gasteiger partial charge in [-0.15, -0.1) is 0 Å². The first-order valence-electron chi connectivity index (χ1n) is 14.1. The Hall–Kier alpha value is -3.44. The Morgan fingerprint density at radius 1 is 1.11 bits per heavy atom. The van der Waals surface area contributed by atoms with E-state index in [1.54, 1.807) is 0 Å². The summed E-state index contributed by atoms with van der Waals surface area (Å²) in [6, 6.07) is 11.5. The number of piperidine rings is 1. The molecule has 2 saturated heterocycles. The lowest BCUT2D eigenvalue weighted by Crippen LogP contribution is -2.52. The Labute approximate surface area is 224 Å². The van der Waals surface area contributed by atoms with Gasteiger partial charge in [-0.1, -0.05) is 6.07 Å². The molecular weight excluding hydrogens is 474 g/mol. The van der Waals surface area contributed by atoms with Gasteiger partial charge in [0.15, 0.2) is 0 Å². The maximum atomic E-state index is 12.8. The summed E-state index contributed by atoms with van der Waals surface area (Å²) in [4.78, 5) is 24.6. The zero-order chi connectivity index (χ0) is 26.2. The number of fused-ring (bicyclic) bond motifs is 1. The average Bonchev–Trinajstić information content (AvgIpc) is 3.37. The fourth-order valence-corrected chi connectivity index (χ4v) is 6.32. The number of hydrogen-bond acceptors (Lipinski definition) is 6. The van der Waals surface area contributed by atoms with Gasteiger partial charge in [0.1, 0.15) is 0 Å². The van der Waals surface area contributed by atoms with E-state index < -0.39 is 0 Å². The molecule has 5 heterocycles. The number of pyridine rings is 1. The Balaban J connectivity index is 1.14. The molecule has 3 fully saturated rings. The van der Waals surface area contributed by atoms with Crippen LogP contribution in [0.5, 0.6) is 0 Å². The molecule has 0 bridgehead atoms. The lowest BCUT2D eigenvalue weighted by molar-refractivity contribution is -0.139. The summed E-state index contributed by atoms with van der Waals surface area (Å²) in [6.45, 7) is 9.89. The van der Waals surface area contributed by atoms with Gasteiger partial charge in [0.25, 0.3) is 0 Å². The van der Waals surface area contributed by atoms with Gasteiger partial charge in [-0.25, -0.2) is 4.52 Å². The molecule has 1 aliphatic carbocycles. The van der Waals surface area contributed by atoms with Gasteiger partial charge in [-0.3, -0.25) is 9.78 Å². The van der Waals surface area contributed by atoms with E-state index in [9.17, 15) is 4.79 Å². The number of carbonyl (C=O) groups is 1. The normalized spacial score (nSPS) is 24.4. The number of hydrogen-bond donors (Lipinski definition) is 0. The number of anilines is 1. The Bertz CT molecular complexity index is 1330. The minimum atomic E-state index is 0.0400. The third kappa shape index (κ3) is 4.76. The highest BCUT2D eigenvalue weighted by atomic mass is 16.2. The third-order valence-electron chi connectivity index (χ3n) is 8.82. The van der Waals surface area contributed by atoms with Crippen LogP contribution in [0.4, 0.5) is 5.69 Å². The van der Waals surface area contributed by atoms with Crippen LogP contribution < -0.4 is 4.90 Å². The predicted octanol–water partition coefficient (Wildman–Crippen LogP) is 4.18. The zero-order valence-corrected chi connectivity index (χ0v) is 22.5. The minimum absolute atomic E-state index is 0.0400. The number of amides is 1. The SMILES string of the molecule is CC(C)N1CCC[C@@H](c2ccc(-c3cc4c(N5CCN(C(=O)[C@H]6C[C@H](C#N)C6)CC5)ccnn4c3)nc2)C1. The van der Waals surface area contributed by atoms with Crippen molar-refractivity contribution in [1.29, 1.82) is 5.26 Å². The Kier molecular flexibility index (Phi) is 6.79. The number of carbonyl (C=O) groups excluding carboxylic acids is 1. The van der Waals surface area contributed by atoms with E-state index in [-0.39, 0.29) is 17.7 Å². The summed E-state index contributed by atoms with van der Waals surface area (Å²) in [5.74, 6) is 0.877. The van der Waals surface area contributed by atoms with Crippen LogP contribution in [0.25, 0.3) is 16.8 Å². The van der Waals surface area contributed by atoms with Crippen molar-refractivity contribution in [3.05, 3.63) is 48.4 Å². The van der Waals surface area contributed by atoms with Gasteiger partial charge in [0, 0.05) is 74.8 Å². The standard InChI is InChI=1S/C30H37N7O/c1-21(2)36-9-3-4-24(19-36)23-5-6-27(32-18-23)26-16-29-28(7-8-33-37(29)20-26)34-10-12-35(13-11-34)30(38)25-14-22(15-25)17-31/h5-8,16,18,20-22,24-25H,3-4,9-15,19H2,1-2H3/t22-,24-,25-/m1/s1. The van der Waals surface area contributed by atoms with E-state index in [4.69, 9.17) is 10.2 Å². The quantitative estimate of drug-likeness (QED) is 0.511. The molecule has 8 heteroatoms. The largest absolute Gasteiger partial charge is 0.366 e. The molecule has 38 heavy (non-hydrogen) atoms. The van der Waals surface area contributed by atoms with Crippen LogP contribution in [-0.4, -0.2) is 75.6 Å². The number of aromatic nitrogens is 3. The number of nitriles is 1. The van der Waals surface area contributed by atoms with Crippen molar-refractivity contribution >= 4 is 17.1 Å². The van der Waals surface area contributed by atoms with Gasteiger partial charge < -0.3 is 14.7 Å². The van der Waals surface area contributed by atoms with Crippen molar-refractivity contribution in [2.24, 2.45) is 11.8 Å². The van der Waals surface area contributed by atoms with Crippen LogP contribution in [0, 0.1) is 23.2 Å². The van der Waals surface area contributed by atoms with E-state index in [0.717, 1.165) is 54.9 Å². The first-order valence-corrected chi connectivity index (χ1v) is 14.1. The number of nitrogens with zero attached hydrogens (tertiary/aromatic N) is 7.